The molecule has 188 valence electrons. The van der Waals surface area contributed by atoms with Crippen molar-refractivity contribution in [3.8, 4) is 0 Å². The van der Waals surface area contributed by atoms with Gasteiger partial charge in [0.15, 0.2) is 0 Å². The Morgan fingerprint density at radius 1 is 1.09 bits per heavy atom. The lowest BCUT2D eigenvalue weighted by Gasteiger charge is -2.51. The van der Waals surface area contributed by atoms with E-state index in [1.165, 1.54) is 0 Å². The number of likely N-dealkylation sites (tertiary alicyclic amines) is 1. The highest BCUT2D eigenvalue weighted by Gasteiger charge is 2.52. The number of rotatable bonds is 11. The molecule has 2 fully saturated rings. The molecule has 3 rings (SSSR count). The summed E-state index contributed by atoms with van der Waals surface area (Å²) in [5.41, 5.74) is 0.243. The minimum atomic E-state index is -0.697. The van der Waals surface area contributed by atoms with Crippen molar-refractivity contribution in [1.82, 2.24) is 20.4 Å². The monoisotopic (exact) mass is 472 g/mol. The molecule has 0 aliphatic carbocycles. The van der Waals surface area contributed by atoms with Crippen LogP contribution in [0, 0.1) is 0 Å². The van der Waals surface area contributed by atoms with Crippen molar-refractivity contribution in [2.24, 2.45) is 0 Å². The molecule has 8 nitrogen and oxygen atoms in total. The third-order valence-corrected chi connectivity index (χ3v) is 6.88. The number of nitrogens with zero attached hydrogens (tertiary/aromatic N) is 2. The molecule has 8 heteroatoms. The van der Waals surface area contributed by atoms with Crippen molar-refractivity contribution in [3.63, 3.8) is 0 Å². The summed E-state index contributed by atoms with van der Waals surface area (Å²) in [5, 5.41) is 5.79. The number of benzene rings is 1. The summed E-state index contributed by atoms with van der Waals surface area (Å²) in [6.07, 6.45) is 4.90. The van der Waals surface area contributed by atoms with Crippen LogP contribution in [0.2, 0.25) is 0 Å². The van der Waals surface area contributed by atoms with E-state index in [1.807, 2.05) is 35.2 Å². The van der Waals surface area contributed by atoms with Crippen LogP contribution in [0.25, 0.3) is 0 Å². The van der Waals surface area contributed by atoms with E-state index in [0.29, 0.717) is 38.8 Å². The first kappa shape index (κ1) is 26.0. The van der Waals surface area contributed by atoms with E-state index in [0.717, 1.165) is 44.5 Å². The second-order valence-corrected chi connectivity index (χ2v) is 9.37. The van der Waals surface area contributed by atoms with Crippen molar-refractivity contribution < 1.29 is 19.1 Å². The maximum Gasteiger partial charge on any atom is 0.407 e. The molecule has 1 aromatic carbocycles. The van der Waals surface area contributed by atoms with Crippen LogP contribution in [0.3, 0.4) is 0 Å². The fourth-order valence-electron chi connectivity index (χ4n) is 5.02. The van der Waals surface area contributed by atoms with Gasteiger partial charge in [-0.15, -0.1) is 0 Å². The Morgan fingerprint density at radius 2 is 1.79 bits per heavy atom. The number of hydrogen-bond acceptors (Lipinski definition) is 5. The van der Waals surface area contributed by atoms with Gasteiger partial charge in [0.25, 0.3) is 0 Å². The molecule has 0 saturated carbocycles. The predicted octanol–water partition coefficient (Wildman–Crippen LogP) is 3.06. The van der Waals surface area contributed by atoms with Crippen LogP contribution in [0.4, 0.5) is 4.79 Å². The average molecular weight is 473 g/mol. The summed E-state index contributed by atoms with van der Waals surface area (Å²) in [7, 11) is 0. The number of nitrogens with one attached hydrogen (secondary N) is 2. The molecule has 3 amide bonds. The number of ether oxygens (including phenoxy) is 1. The molecule has 2 aliphatic heterocycles. The first-order chi connectivity index (χ1) is 16.5. The van der Waals surface area contributed by atoms with Crippen molar-refractivity contribution in [2.45, 2.75) is 77.0 Å². The van der Waals surface area contributed by atoms with E-state index >= 15 is 0 Å². The largest absolute Gasteiger partial charge is 0.445 e. The summed E-state index contributed by atoms with van der Waals surface area (Å²) in [6.45, 7) is 8.28. The Hall–Kier alpha value is -2.61. The molecule has 0 unspecified atom stereocenters. The molecular weight excluding hydrogens is 432 g/mol. The zero-order chi connectivity index (χ0) is 24.4. The van der Waals surface area contributed by atoms with Gasteiger partial charge < -0.3 is 25.2 Å². The second-order valence-electron chi connectivity index (χ2n) is 9.37. The Labute approximate surface area is 203 Å². The SMILES string of the molecule is CCCN1CCC2(CC1)C(=O)N[C@@H](CCCCNC(=O)OCc1ccccc1)C(=O)N2CCC. The second kappa shape index (κ2) is 12.7. The van der Waals surface area contributed by atoms with Gasteiger partial charge in [-0.25, -0.2) is 4.79 Å². The third kappa shape index (κ3) is 6.50. The van der Waals surface area contributed by atoms with E-state index in [-0.39, 0.29) is 18.4 Å². The van der Waals surface area contributed by atoms with Crippen molar-refractivity contribution in [3.05, 3.63) is 35.9 Å². The van der Waals surface area contributed by atoms with Crippen molar-refractivity contribution in [2.75, 3.05) is 32.7 Å². The molecule has 2 saturated heterocycles. The minimum absolute atomic E-state index is 0.00399. The van der Waals surface area contributed by atoms with Gasteiger partial charge in [-0.2, -0.15) is 0 Å². The van der Waals surface area contributed by atoms with Gasteiger partial charge >= 0.3 is 6.09 Å². The van der Waals surface area contributed by atoms with E-state index in [4.69, 9.17) is 4.74 Å². The zero-order valence-electron chi connectivity index (χ0n) is 20.7. The Morgan fingerprint density at radius 3 is 2.47 bits per heavy atom. The number of piperazine rings is 1. The van der Waals surface area contributed by atoms with Crippen LogP contribution >= 0.6 is 0 Å². The van der Waals surface area contributed by atoms with Gasteiger partial charge in [0, 0.05) is 26.2 Å². The summed E-state index contributed by atoms with van der Waals surface area (Å²) in [4.78, 5) is 42.7. The highest BCUT2D eigenvalue weighted by molar-refractivity contribution is 6.00. The highest BCUT2D eigenvalue weighted by Crippen LogP contribution is 2.33. The molecule has 1 aromatic rings. The smallest absolute Gasteiger partial charge is 0.407 e. The normalized spacial score (nSPS) is 20.3. The molecule has 2 N–H and O–H groups in total. The van der Waals surface area contributed by atoms with Crippen molar-refractivity contribution in [1.29, 1.82) is 0 Å². The maximum atomic E-state index is 13.3. The summed E-state index contributed by atoms with van der Waals surface area (Å²) in [6, 6.07) is 9.05. The van der Waals surface area contributed by atoms with Gasteiger partial charge in [0.05, 0.1) is 0 Å². The van der Waals surface area contributed by atoms with Crippen molar-refractivity contribution >= 4 is 17.9 Å². The summed E-state index contributed by atoms with van der Waals surface area (Å²) in [5.74, 6) is 0.0462. The molecule has 2 aliphatic rings. The number of carbonyl (C=O) groups excluding carboxylic acids is 3. The van der Waals surface area contributed by atoms with Crippen LogP contribution in [-0.2, 0) is 20.9 Å². The number of alkyl carbamates (subject to hydrolysis) is 1. The molecule has 0 bridgehead atoms. The van der Waals surface area contributed by atoms with Crippen LogP contribution in [0.1, 0.15) is 64.4 Å². The topological polar surface area (TPSA) is 91.0 Å². The van der Waals surface area contributed by atoms with Crippen LogP contribution < -0.4 is 10.6 Å². The maximum absolute atomic E-state index is 13.3. The van der Waals surface area contributed by atoms with Crippen LogP contribution in [0.5, 0.6) is 0 Å². The molecule has 1 atom stereocenters. The van der Waals surface area contributed by atoms with Gasteiger partial charge in [0.2, 0.25) is 11.8 Å². The average Bonchev–Trinajstić information content (AvgIpc) is 2.85. The fraction of sp³-hybridized carbons (Fsp3) is 0.654. The minimum Gasteiger partial charge on any atom is -0.445 e. The number of unbranched alkanes of at least 4 members (excludes halogenated alkanes) is 1. The molecule has 2 heterocycles. The van der Waals surface area contributed by atoms with Gasteiger partial charge in [-0.1, -0.05) is 44.2 Å². The van der Waals surface area contributed by atoms with Crippen LogP contribution in [-0.4, -0.2) is 72.0 Å². The molecule has 1 spiro atoms. The summed E-state index contributed by atoms with van der Waals surface area (Å²) >= 11 is 0. The van der Waals surface area contributed by atoms with E-state index in [1.54, 1.807) is 0 Å². The lowest BCUT2D eigenvalue weighted by atomic mass is 9.81. The highest BCUT2D eigenvalue weighted by atomic mass is 16.5. The summed E-state index contributed by atoms with van der Waals surface area (Å²) < 4.78 is 5.21. The van der Waals surface area contributed by atoms with Crippen LogP contribution in [0.15, 0.2) is 30.3 Å². The van der Waals surface area contributed by atoms with Gasteiger partial charge in [-0.05, 0) is 57.1 Å². The lowest BCUT2D eigenvalue weighted by molar-refractivity contribution is -0.161. The molecular formula is C26H40N4O4. The van der Waals surface area contributed by atoms with Gasteiger partial charge in [-0.3, -0.25) is 9.59 Å². The quantitative estimate of drug-likeness (QED) is 0.483. The fourth-order valence-corrected chi connectivity index (χ4v) is 5.02. The standard InChI is InChI=1S/C26H40N4O4/c1-3-16-29-18-13-26(14-19-29)24(32)28-22(23(31)30(26)17-4-2)12-8-9-15-27-25(33)34-20-21-10-6-5-7-11-21/h5-7,10-11,22H,3-4,8-9,12-20H2,1-2H3,(H,27,33)(H,28,32)/t22-/m0/s1. The molecule has 34 heavy (non-hydrogen) atoms. The predicted molar refractivity (Wildman–Crippen MR) is 131 cm³/mol. The molecule has 0 radical (unpaired) electrons. The Kier molecular flexibility index (Phi) is 9.74. The Balaban J connectivity index is 1.43. The number of carbonyl (C=O) groups is 3. The number of amides is 3. The number of hydrogen-bond donors (Lipinski definition) is 2. The van der Waals surface area contributed by atoms with E-state index in [9.17, 15) is 14.4 Å². The lowest BCUT2D eigenvalue weighted by Crippen LogP contribution is -2.72. The van der Waals surface area contributed by atoms with E-state index < -0.39 is 17.7 Å². The first-order valence-corrected chi connectivity index (χ1v) is 12.8. The third-order valence-electron chi connectivity index (χ3n) is 6.88. The Bertz CT molecular complexity index is 808. The van der Waals surface area contributed by atoms with Gasteiger partial charge in [0.1, 0.15) is 18.2 Å². The first-order valence-electron chi connectivity index (χ1n) is 12.8. The number of piperidine rings is 1. The molecule has 0 aromatic heterocycles. The van der Waals surface area contributed by atoms with E-state index in [2.05, 4.69) is 29.4 Å². The zero-order valence-corrected chi connectivity index (χ0v) is 20.7.